The summed E-state index contributed by atoms with van der Waals surface area (Å²) in [6, 6.07) is 1.95. The van der Waals surface area contributed by atoms with Crippen molar-refractivity contribution >= 4 is 17.2 Å². The van der Waals surface area contributed by atoms with Crippen LogP contribution in [0.2, 0.25) is 0 Å². The number of carbonyl (C=O) groups excluding carboxylic acids is 1. The van der Waals surface area contributed by atoms with Gasteiger partial charge in [0.05, 0.1) is 4.88 Å². The Morgan fingerprint density at radius 2 is 2.13 bits per heavy atom. The molecule has 0 aliphatic heterocycles. The molecule has 0 aliphatic rings. The molecule has 1 aromatic rings. The third-order valence-corrected chi connectivity index (χ3v) is 3.38. The molecule has 0 bridgehead atoms. The highest BCUT2D eigenvalue weighted by molar-refractivity contribution is 7.14. The molecule has 0 unspecified atom stereocenters. The summed E-state index contributed by atoms with van der Waals surface area (Å²) in [7, 11) is 0. The Hall–Kier alpha value is -0.870. The minimum atomic E-state index is 0.0362. The molecule has 1 heterocycles. The fraction of sp³-hybridized carbons (Fsp3) is 0.545. The molecule has 4 heteroatoms. The smallest absolute Gasteiger partial charge is 0.261 e. The molecule has 2 N–H and O–H groups in total. The number of likely N-dealkylation sites (N-methyl/N-ethyl adjacent to an activating group) is 1. The van der Waals surface area contributed by atoms with E-state index in [2.05, 4.69) is 10.6 Å². The molecule has 0 fully saturated rings. The van der Waals surface area contributed by atoms with Gasteiger partial charge in [-0.3, -0.25) is 4.79 Å². The monoisotopic (exact) mass is 226 g/mol. The molecule has 1 amide bonds. The minimum absolute atomic E-state index is 0.0362. The Labute approximate surface area is 94.9 Å². The van der Waals surface area contributed by atoms with Gasteiger partial charge in [-0.15, -0.1) is 11.3 Å². The predicted molar refractivity (Wildman–Crippen MR) is 64.7 cm³/mol. The summed E-state index contributed by atoms with van der Waals surface area (Å²) < 4.78 is 0. The van der Waals surface area contributed by atoms with Crippen molar-refractivity contribution in [2.75, 3.05) is 19.6 Å². The second kappa shape index (κ2) is 5.88. The van der Waals surface area contributed by atoms with Crippen LogP contribution in [0.1, 0.15) is 27.0 Å². The van der Waals surface area contributed by atoms with Crippen molar-refractivity contribution in [3.63, 3.8) is 0 Å². The van der Waals surface area contributed by atoms with Gasteiger partial charge in [0, 0.05) is 18.0 Å². The van der Waals surface area contributed by atoms with Gasteiger partial charge in [-0.25, -0.2) is 0 Å². The number of nitrogens with one attached hydrogen (secondary N) is 2. The number of thiophene rings is 1. The number of carbonyl (C=O) groups is 1. The van der Waals surface area contributed by atoms with E-state index in [0.29, 0.717) is 6.54 Å². The lowest BCUT2D eigenvalue weighted by molar-refractivity contribution is 0.0958. The second-order valence-electron chi connectivity index (χ2n) is 3.46. The molecule has 0 atom stereocenters. The van der Waals surface area contributed by atoms with Crippen molar-refractivity contribution in [3.8, 4) is 0 Å². The Morgan fingerprint density at radius 1 is 1.40 bits per heavy atom. The van der Waals surface area contributed by atoms with E-state index < -0.39 is 0 Å². The van der Waals surface area contributed by atoms with Gasteiger partial charge in [0.25, 0.3) is 5.91 Å². The van der Waals surface area contributed by atoms with Crippen LogP contribution in [0.5, 0.6) is 0 Å². The van der Waals surface area contributed by atoms with E-state index in [9.17, 15) is 4.79 Å². The molecule has 15 heavy (non-hydrogen) atoms. The number of amides is 1. The van der Waals surface area contributed by atoms with Crippen molar-refractivity contribution in [3.05, 3.63) is 21.4 Å². The van der Waals surface area contributed by atoms with Crippen LogP contribution in [0.4, 0.5) is 0 Å². The summed E-state index contributed by atoms with van der Waals surface area (Å²) in [5.41, 5.74) is 1.19. The highest BCUT2D eigenvalue weighted by Crippen LogP contribution is 2.20. The van der Waals surface area contributed by atoms with Gasteiger partial charge in [-0.1, -0.05) is 6.92 Å². The Bertz CT molecular complexity index is 314. The molecule has 0 radical (unpaired) electrons. The van der Waals surface area contributed by atoms with Crippen LogP contribution in [-0.4, -0.2) is 25.5 Å². The molecule has 0 aliphatic carbocycles. The van der Waals surface area contributed by atoms with E-state index in [1.54, 1.807) is 11.3 Å². The van der Waals surface area contributed by atoms with Gasteiger partial charge in [0.2, 0.25) is 0 Å². The lowest BCUT2D eigenvalue weighted by Crippen LogP contribution is -2.31. The normalized spacial score (nSPS) is 10.3. The lowest BCUT2D eigenvalue weighted by atomic mass is 10.3. The zero-order valence-electron chi connectivity index (χ0n) is 9.52. The van der Waals surface area contributed by atoms with Crippen LogP contribution in [0, 0.1) is 13.8 Å². The first-order chi connectivity index (χ1) is 7.15. The largest absolute Gasteiger partial charge is 0.350 e. The molecule has 1 rings (SSSR count). The molecular weight excluding hydrogens is 208 g/mol. The minimum Gasteiger partial charge on any atom is -0.350 e. The van der Waals surface area contributed by atoms with Gasteiger partial charge in [-0.05, 0) is 32.0 Å². The van der Waals surface area contributed by atoms with E-state index in [1.807, 2.05) is 26.8 Å². The van der Waals surface area contributed by atoms with Crippen LogP contribution >= 0.6 is 11.3 Å². The van der Waals surface area contributed by atoms with Gasteiger partial charge >= 0.3 is 0 Å². The predicted octanol–water partition coefficient (Wildman–Crippen LogP) is 1.70. The van der Waals surface area contributed by atoms with Crippen molar-refractivity contribution in [1.29, 1.82) is 0 Å². The zero-order chi connectivity index (χ0) is 11.3. The van der Waals surface area contributed by atoms with Crippen LogP contribution in [0.3, 0.4) is 0 Å². The first kappa shape index (κ1) is 12.2. The quantitative estimate of drug-likeness (QED) is 0.750. The highest BCUT2D eigenvalue weighted by Gasteiger charge is 2.09. The van der Waals surface area contributed by atoms with Crippen molar-refractivity contribution < 1.29 is 4.79 Å². The molecular formula is C11H18N2OS. The third-order valence-electron chi connectivity index (χ3n) is 2.23. The Kier molecular flexibility index (Phi) is 4.78. The van der Waals surface area contributed by atoms with Crippen LogP contribution in [0.15, 0.2) is 6.07 Å². The van der Waals surface area contributed by atoms with E-state index in [0.717, 1.165) is 18.0 Å². The summed E-state index contributed by atoms with van der Waals surface area (Å²) in [6.07, 6.45) is 0. The van der Waals surface area contributed by atoms with Crippen molar-refractivity contribution in [1.82, 2.24) is 10.6 Å². The van der Waals surface area contributed by atoms with E-state index in [4.69, 9.17) is 0 Å². The highest BCUT2D eigenvalue weighted by atomic mass is 32.1. The second-order valence-corrected chi connectivity index (χ2v) is 4.72. The summed E-state index contributed by atoms with van der Waals surface area (Å²) in [5.74, 6) is 0.0362. The maximum atomic E-state index is 11.6. The number of hydrogen-bond acceptors (Lipinski definition) is 3. The number of rotatable bonds is 5. The van der Waals surface area contributed by atoms with Gasteiger partial charge in [0.1, 0.15) is 0 Å². The van der Waals surface area contributed by atoms with E-state index >= 15 is 0 Å². The first-order valence-corrected chi connectivity index (χ1v) is 6.02. The van der Waals surface area contributed by atoms with Gasteiger partial charge < -0.3 is 10.6 Å². The Balaban J connectivity index is 2.40. The summed E-state index contributed by atoms with van der Waals surface area (Å²) >= 11 is 1.55. The van der Waals surface area contributed by atoms with Gasteiger partial charge in [0.15, 0.2) is 0 Å². The maximum Gasteiger partial charge on any atom is 0.261 e. The SMILES string of the molecule is CCNCCNC(=O)c1cc(C)c(C)s1. The summed E-state index contributed by atoms with van der Waals surface area (Å²) in [5, 5.41) is 6.04. The van der Waals surface area contributed by atoms with Crippen LogP contribution < -0.4 is 10.6 Å². The van der Waals surface area contributed by atoms with Crippen molar-refractivity contribution in [2.45, 2.75) is 20.8 Å². The standard InChI is InChI=1S/C11H18N2OS/c1-4-12-5-6-13-11(14)10-7-8(2)9(3)15-10/h7,12H,4-6H2,1-3H3,(H,13,14). The molecule has 3 nitrogen and oxygen atoms in total. The summed E-state index contributed by atoms with van der Waals surface area (Å²) in [4.78, 5) is 13.7. The average Bonchev–Trinajstić information content (AvgIpc) is 2.54. The molecule has 0 spiro atoms. The fourth-order valence-corrected chi connectivity index (χ4v) is 2.16. The topological polar surface area (TPSA) is 41.1 Å². The summed E-state index contributed by atoms with van der Waals surface area (Å²) in [6.45, 7) is 8.56. The number of aryl methyl sites for hydroxylation is 2. The zero-order valence-corrected chi connectivity index (χ0v) is 10.3. The van der Waals surface area contributed by atoms with Crippen molar-refractivity contribution in [2.24, 2.45) is 0 Å². The first-order valence-electron chi connectivity index (χ1n) is 5.21. The molecule has 84 valence electrons. The molecule has 0 aromatic carbocycles. The van der Waals surface area contributed by atoms with Gasteiger partial charge in [-0.2, -0.15) is 0 Å². The molecule has 0 saturated carbocycles. The fourth-order valence-electron chi connectivity index (χ4n) is 1.21. The molecule has 1 aromatic heterocycles. The molecule has 0 saturated heterocycles. The average molecular weight is 226 g/mol. The Morgan fingerprint density at radius 3 is 2.67 bits per heavy atom. The van der Waals surface area contributed by atoms with Crippen LogP contribution in [-0.2, 0) is 0 Å². The lowest BCUT2D eigenvalue weighted by Gasteiger charge is -2.03. The number of hydrogen-bond donors (Lipinski definition) is 2. The third kappa shape index (κ3) is 3.64. The van der Waals surface area contributed by atoms with E-state index in [-0.39, 0.29) is 5.91 Å². The maximum absolute atomic E-state index is 11.6. The van der Waals surface area contributed by atoms with Crippen LogP contribution in [0.25, 0.3) is 0 Å². The van der Waals surface area contributed by atoms with E-state index in [1.165, 1.54) is 10.4 Å².